The van der Waals surface area contributed by atoms with Gasteiger partial charge in [-0.15, -0.1) is 0 Å². The third-order valence-electron chi connectivity index (χ3n) is 4.77. The summed E-state index contributed by atoms with van der Waals surface area (Å²) in [5, 5.41) is 7.35. The Balaban J connectivity index is 1.39. The normalized spacial score (nSPS) is 20.1. The summed E-state index contributed by atoms with van der Waals surface area (Å²) in [5.74, 6) is 0. The SMILES string of the molecule is CCC(NC1CC(NC(=O)OCc2ccccc2)C1)c1cccc(Cl)c1. The molecule has 1 atom stereocenters. The van der Waals surface area contributed by atoms with Gasteiger partial charge in [0.25, 0.3) is 0 Å². The molecule has 1 saturated carbocycles. The Morgan fingerprint density at radius 2 is 1.92 bits per heavy atom. The van der Waals surface area contributed by atoms with Crippen LogP contribution in [0.15, 0.2) is 54.6 Å². The molecule has 1 fully saturated rings. The molecule has 4 nitrogen and oxygen atoms in total. The first-order valence-corrected chi connectivity index (χ1v) is 9.50. The van der Waals surface area contributed by atoms with Crippen molar-refractivity contribution in [2.24, 2.45) is 0 Å². The molecule has 2 aromatic rings. The van der Waals surface area contributed by atoms with Gasteiger partial charge in [0, 0.05) is 23.1 Å². The minimum atomic E-state index is -0.348. The average Bonchev–Trinajstić information content (AvgIpc) is 2.62. The van der Waals surface area contributed by atoms with Gasteiger partial charge < -0.3 is 15.4 Å². The lowest BCUT2D eigenvalue weighted by Crippen LogP contribution is -2.53. The molecule has 1 amide bonds. The van der Waals surface area contributed by atoms with Gasteiger partial charge in [-0.3, -0.25) is 0 Å². The van der Waals surface area contributed by atoms with Crippen molar-refractivity contribution in [3.63, 3.8) is 0 Å². The monoisotopic (exact) mass is 372 g/mol. The molecule has 1 unspecified atom stereocenters. The molecule has 0 spiro atoms. The minimum Gasteiger partial charge on any atom is -0.445 e. The van der Waals surface area contributed by atoms with E-state index in [-0.39, 0.29) is 18.2 Å². The van der Waals surface area contributed by atoms with Gasteiger partial charge in [-0.25, -0.2) is 4.79 Å². The molecule has 1 aliphatic rings. The van der Waals surface area contributed by atoms with Crippen molar-refractivity contribution in [3.05, 3.63) is 70.7 Å². The highest BCUT2D eigenvalue weighted by atomic mass is 35.5. The first kappa shape index (κ1) is 18.7. The lowest BCUT2D eigenvalue weighted by atomic mass is 9.85. The van der Waals surface area contributed by atoms with E-state index in [2.05, 4.69) is 23.6 Å². The van der Waals surface area contributed by atoms with Gasteiger partial charge in [0.05, 0.1) is 0 Å². The van der Waals surface area contributed by atoms with E-state index in [0.29, 0.717) is 12.6 Å². The van der Waals surface area contributed by atoms with E-state index in [1.807, 2.05) is 48.5 Å². The van der Waals surface area contributed by atoms with Crippen LogP contribution >= 0.6 is 11.6 Å². The van der Waals surface area contributed by atoms with Gasteiger partial charge in [-0.2, -0.15) is 0 Å². The van der Waals surface area contributed by atoms with Crippen LogP contribution in [0.2, 0.25) is 5.02 Å². The molecule has 0 bridgehead atoms. The third-order valence-corrected chi connectivity index (χ3v) is 5.00. The highest BCUT2D eigenvalue weighted by Crippen LogP contribution is 2.26. The molecule has 2 aromatic carbocycles. The highest BCUT2D eigenvalue weighted by molar-refractivity contribution is 6.30. The number of halogens is 1. The van der Waals surface area contributed by atoms with Crippen molar-refractivity contribution in [3.8, 4) is 0 Å². The van der Waals surface area contributed by atoms with Crippen molar-refractivity contribution < 1.29 is 9.53 Å². The molecule has 1 aliphatic carbocycles. The maximum atomic E-state index is 11.9. The van der Waals surface area contributed by atoms with Crippen LogP contribution in [-0.2, 0) is 11.3 Å². The predicted molar refractivity (Wildman–Crippen MR) is 104 cm³/mol. The Morgan fingerprint density at radius 3 is 2.62 bits per heavy atom. The van der Waals surface area contributed by atoms with Crippen LogP contribution in [0.5, 0.6) is 0 Å². The first-order valence-electron chi connectivity index (χ1n) is 9.12. The van der Waals surface area contributed by atoms with Crippen LogP contribution in [-0.4, -0.2) is 18.2 Å². The third kappa shape index (κ3) is 5.23. The second-order valence-electron chi connectivity index (χ2n) is 6.75. The topological polar surface area (TPSA) is 50.4 Å². The summed E-state index contributed by atoms with van der Waals surface area (Å²) in [4.78, 5) is 11.9. The van der Waals surface area contributed by atoms with Crippen molar-refractivity contribution in [2.45, 2.75) is 50.9 Å². The van der Waals surface area contributed by atoms with Crippen LogP contribution in [0.3, 0.4) is 0 Å². The zero-order chi connectivity index (χ0) is 18.4. The molecule has 0 heterocycles. The maximum Gasteiger partial charge on any atom is 0.407 e. The molecular weight excluding hydrogens is 348 g/mol. The van der Waals surface area contributed by atoms with E-state index in [0.717, 1.165) is 29.8 Å². The molecule has 138 valence electrons. The highest BCUT2D eigenvalue weighted by Gasteiger charge is 2.32. The number of amides is 1. The summed E-state index contributed by atoms with van der Waals surface area (Å²) in [6.45, 7) is 2.46. The van der Waals surface area contributed by atoms with Crippen LogP contribution in [0.25, 0.3) is 0 Å². The van der Waals surface area contributed by atoms with Gasteiger partial charge >= 0.3 is 6.09 Å². The fourth-order valence-corrected chi connectivity index (χ4v) is 3.46. The first-order chi connectivity index (χ1) is 12.6. The molecule has 0 aromatic heterocycles. The van der Waals surface area contributed by atoms with Crippen molar-refractivity contribution in [1.29, 1.82) is 0 Å². The number of ether oxygens (including phenoxy) is 1. The Kier molecular flexibility index (Phi) is 6.53. The van der Waals surface area contributed by atoms with E-state index in [4.69, 9.17) is 16.3 Å². The van der Waals surface area contributed by atoms with Crippen LogP contribution in [0, 0.1) is 0 Å². The average molecular weight is 373 g/mol. The van der Waals surface area contributed by atoms with Gasteiger partial charge in [-0.05, 0) is 42.5 Å². The number of hydrogen-bond acceptors (Lipinski definition) is 3. The molecule has 2 N–H and O–H groups in total. The Bertz CT molecular complexity index is 717. The number of nitrogens with one attached hydrogen (secondary N) is 2. The minimum absolute atomic E-state index is 0.174. The van der Waals surface area contributed by atoms with Gasteiger partial charge in [0.15, 0.2) is 0 Å². The largest absolute Gasteiger partial charge is 0.445 e. The predicted octanol–water partition coefficient (Wildman–Crippen LogP) is 4.84. The fourth-order valence-electron chi connectivity index (χ4n) is 3.26. The van der Waals surface area contributed by atoms with Gasteiger partial charge in [0.2, 0.25) is 0 Å². The molecule has 0 saturated heterocycles. The quantitative estimate of drug-likeness (QED) is 0.731. The van der Waals surface area contributed by atoms with Crippen molar-refractivity contribution >= 4 is 17.7 Å². The van der Waals surface area contributed by atoms with Crippen LogP contribution in [0.4, 0.5) is 4.79 Å². The lowest BCUT2D eigenvalue weighted by molar-refractivity contribution is 0.124. The number of carbonyl (C=O) groups excluding carboxylic acids is 1. The summed E-state index contributed by atoms with van der Waals surface area (Å²) in [6, 6.07) is 18.5. The Labute approximate surface area is 159 Å². The fraction of sp³-hybridized carbons (Fsp3) is 0.381. The second kappa shape index (κ2) is 9.06. The molecule has 26 heavy (non-hydrogen) atoms. The van der Waals surface area contributed by atoms with E-state index in [1.165, 1.54) is 5.56 Å². The number of carbonyl (C=O) groups is 1. The van der Waals surface area contributed by atoms with Gasteiger partial charge in [-0.1, -0.05) is 61.0 Å². The number of alkyl carbamates (subject to hydrolysis) is 1. The van der Waals surface area contributed by atoms with Gasteiger partial charge in [0.1, 0.15) is 6.61 Å². The summed E-state index contributed by atoms with van der Waals surface area (Å²) in [7, 11) is 0. The Morgan fingerprint density at radius 1 is 1.15 bits per heavy atom. The maximum absolute atomic E-state index is 11.9. The molecule has 3 rings (SSSR count). The van der Waals surface area contributed by atoms with E-state index in [9.17, 15) is 4.79 Å². The van der Waals surface area contributed by atoms with E-state index < -0.39 is 0 Å². The number of benzene rings is 2. The summed E-state index contributed by atoms with van der Waals surface area (Å²) in [6.07, 6.45) is 2.47. The lowest BCUT2D eigenvalue weighted by Gasteiger charge is -2.38. The van der Waals surface area contributed by atoms with Crippen LogP contribution in [0.1, 0.15) is 43.4 Å². The summed E-state index contributed by atoms with van der Waals surface area (Å²) >= 11 is 6.10. The van der Waals surface area contributed by atoms with Crippen molar-refractivity contribution in [1.82, 2.24) is 10.6 Å². The van der Waals surface area contributed by atoms with E-state index >= 15 is 0 Å². The zero-order valence-corrected chi connectivity index (χ0v) is 15.7. The standard InChI is InChI=1S/C21H25ClN2O2/c1-2-20(16-9-6-10-17(22)11-16)23-18-12-19(13-18)24-21(25)26-14-15-7-4-3-5-8-15/h3-11,18-20,23H,2,12-14H2,1H3,(H,24,25). The smallest absolute Gasteiger partial charge is 0.407 e. The number of rotatable bonds is 7. The summed E-state index contributed by atoms with van der Waals surface area (Å²) < 4.78 is 5.27. The summed E-state index contributed by atoms with van der Waals surface area (Å²) in [5.41, 5.74) is 2.20. The van der Waals surface area contributed by atoms with E-state index in [1.54, 1.807) is 0 Å². The zero-order valence-electron chi connectivity index (χ0n) is 15.0. The molecule has 0 radical (unpaired) electrons. The second-order valence-corrected chi connectivity index (χ2v) is 7.19. The molecule has 5 heteroatoms. The van der Waals surface area contributed by atoms with Crippen LogP contribution < -0.4 is 10.6 Å². The molecule has 0 aliphatic heterocycles. The Hall–Kier alpha value is -2.04. The number of hydrogen-bond donors (Lipinski definition) is 2. The van der Waals surface area contributed by atoms with Crippen molar-refractivity contribution in [2.75, 3.05) is 0 Å². The molecular formula is C21H25ClN2O2.